The average Bonchev–Trinajstić information content (AvgIpc) is 2.07. The van der Waals surface area contributed by atoms with Crippen LogP contribution in [0.3, 0.4) is 0 Å². The van der Waals surface area contributed by atoms with Gasteiger partial charge in [-0.05, 0) is 19.1 Å². The fraction of sp³-hybridized carbons (Fsp3) is 0.222. The molecular weight excluding hydrogens is 150 g/mol. The van der Waals surface area contributed by atoms with Gasteiger partial charge in [-0.15, -0.1) is 0 Å². The Bertz CT molecular complexity index is 225. The molecule has 3 nitrogen and oxygen atoms in total. The van der Waals surface area contributed by atoms with Crippen LogP contribution in [0.4, 0.5) is 5.69 Å². The molecular formula is C9H15N3. The van der Waals surface area contributed by atoms with Crippen LogP contribution in [-0.4, -0.2) is 12.9 Å². The van der Waals surface area contributed by atoms with E-state index in [1.807, 2.05) is 30.3 Å². The largest absolute Gasteiger partial charge is 0.399 e. The van der Waals surface area contributed by atoms with E-state index in [0.717, 1.165) is 5.69 Å². The lowest BCUT2D eigenvalue weighted by Gasteiger charge is -1.83. The zero-order chi connectivity index (χ0) is 9.40. The van der Waals surface area contributed by atoms with Crippen LogP contribution in [-0.2, 0) is 0 Å². The van der Waals surface area contributed by atoms with Crippen LogP contribution >= 0.6 is 0 Å². The first-order valence-corrected chi connectivity index (χ1v) is 3.66. The number of anilines is 1. The van der Waals surface area contributed by atoms with Gasteiger partial charge in [0.15, 0.2) is 0 Å². The Morgan fingerprint density at radius 2 is 1.67 bits per heavy atom. The number of hydrogen-bond acceptors (Lipinski definition) is 2. The molecule has 0 unspecified atom stereocenters. The lowest BCUT2D eigenvalue weighted by Crippen LogP contribution is -2.03. The summed E-state index contributed by atoms with van der Waals surface area (Å²) in [6.07, 6.45) is 0. The van der Waals surface area contributed by atoms with Gasteiger partial charge in [0, 0.05) is 12.7 Å². The van der Waals surface area contributed by atoms with E-state index in [9.17, 15) is 0 Å². The molecule has 0 spiro atoms. The second kappa shape index (κ2) is 6.22. The minimum absolute atomic E-state index is 0.630. The molecule has 0 saturated carbocycles. The Morgan fingerprint density at radius 1 is 1.25 bits per heavy atom. The Labute approximate surface area is 73.1 Å². The average molecular weight is 165 g/mol. The number of hydrogen-bond donors (Lipinski definition) is 2. The Balaban J connectivity index is 0.000000217. The normalized spacial score (nSPS) is 10.0. The maximum Gasteiger partial charge on any atom is 0.0902 e. The first-order chi connectivity index (χ1) is 5.66. The summed E-state index contributed by atoms with van der Waals surface area (Å²) in [4.78, 5) is 3.58. The van der Waals surface area contributed by atoms with Crippen molar-refractivity contribution in [3.63, 3.8) is 0 Å². The third-order valence-corrected chi connectivity index (χ3v) is 1.15. The molecule has 0 bridgehead atoms. The van der Waals surface area contributed by atoms with Crippen LogP contribution in [0.5, 0.6) is 0 Å². The number of nitrogens with two attached hydrogens (primary N) is 2. The molecule has 0 radical (unpaired) electrons. The SMILES string of the molecule is CN=C(C)N.Nc1ccccc1. The van der Waals surface area contributed by atoms with Gasteiger partial charge in [-0.1, -0.05) is 18.2 Å². The second-order valence-electron chi connectivity index (χ2n) is 2.28. The van der Waals surface area contributed by atoms with Crippen molar-refractivity contribution in [3.8, 4) is 0 Å². The summed E-state index contributed by atoms with van der Waals surface area (Å²) in [6.45, 7) is 1.75. The molecule has 3 heteroatoms. The molecule has 1 aromatic carbocycles. The Kier molecular flexibility index (Phi) is 5.43. The van der Waals surface area contributed by atoms with E-state index < -0.39 is 0 Å². The van der Waals surface area contributed by atoms with Crippen molar-refractivity contribution >= 4 is 11.5 Å². The van der Waals surface area contributed by atoms with Crippen LogP contribution < -0.4 is 11.5 Å². The molecule has 1 rings (SSSR count). The number of amidine groups is 1. The van der Waals surface area contributed by atoms with Gasteiger partial charge in [-0.3, -0.25) is 4.99 Å². The molecule has 0 aliphatic rings. The number of nitrogen functional groups attached to an aromatic ring is 1. The van der Waals surface area contributed by atoms with Gasteiger partial charge in [0.2, 0.25) is 0 Å². The van der Waals surface area contributed by atoms with Gasteiger partial charge >= 0.3 is 0 Å². The molecule has 0 atom stereocenters. The van der Waals surface area contributed by atoms with Crippen molar-refractivity contribution < 1.29 is 0 Å². The van der Waals surface area contributed by atoms with Crippen molar-refractivity contribution in [1.82, 2.24) is 0 Å². The van der Waals surface area contributed by atoms with Crippen LogP contribution in [0.2, 0.25) is 0 Å². The Hall–Kier alpha value is -1.51. The van der Waals surface area contributed by atoms with Crippen molar-refractivity contribution in [2.75, 3.05) is 12.8 Å². The summed E-state index contributed by atoms with van der Waals surface area (Å²) in [5.74, 6) is 0.630. The highest BCUT2D eigenvalue weighted by atomic mass is 14.8. The fourth-order valence-electron chi connectivity index (χ4n) is 0.453. The molecule has 0 aromatic heterocycles. The predicted octanol–water partition coefficient (Wildman–Crippen LogP) is 1.26. The molecule has 4 N–H and O–H groups in total. The van der Waals surface area contributed by atoms with Crippen LogP contribution in [0.15, 0.2) is 35.3 Å². The molecule has 0 fully saturated rings. The number of benzene rings is 1. The number of rotatable bonds is 0. The molecule has 12 heavy (non-hydrogen) atoms. The lowest BCUT2D eigenvalue weighted by molar-refractivity contribution is 1.38. The van der Waals surface area contributed by atoms with Gasteiger partial charge < -0.3 is 11.5 Å². The third kappa shape index (κ3) is 6.61. The quantitative estimate of drug-likeness (QED) is 0.345. The molecule has 66 valence electrons. The smallest absolute Gasteiger partial charge is 0.0902 e. The Morgan fingerprint density at radius 3 is 1.83 bits per heavy atom. The van der Waals surface area contributed by atoms with E-state index in [1.54, 1.807) is 14.0 Å². The predicted molar refractivity (Wildman–Crippen MR) is 54.1 cm³/mol. The fourth-order valence-corrected chi connectivity index (χ4v) is 0.453. The monoisotopic (exact) mass is 165 g/mol. The first kappa shape index (κ1) is 10.5. The van der Waals surface area contributed by atoms with Gasteiger partial charge in [0.25, 0.3) is 0 Å². The van der Waals surface area contributed by atoms with E-state index >= 15 is 0 Å². The summed E-state index contributed by atoms with van der Waals surface area (Å²) < 4.78 is 0. The zero-order valence-electron chi connectivity index (χ0n) is 7.49. The van der Waals surface area contributed by atoms with E-state index in [2.05, 4.69) is 4.99 Å². The van der Waals surface area contributed by atoms with Gasteiger partial charge in [0.1, 0.15) is 0 Å². The molecule has 1 aromatic rings. The first-order valence-electron chi connectivity index (χ1n) is 3.66. The van der Waals surface area contributed by atoms with Crippen molar-refractivity contribution in [3.05, 3.63) is 30.3 Å². The highest BCUT2D eigenvalue weighted by Gasteiger charge is 1.72. The minimum atomic E-state index is 0.630. The highest BCUT2D eigenvalue weighted by molar-refractivity contribution is 5.77. The van der Waals surface area contributed by atoms with E-state index in [4.69, 9.17) is 11.5 Å². The number of aliphatic imine (C=N–C) groups is 1. The summed E-state index contributed by atoms with van der Waals surface area (Å²) in [7, 11) is 1.66. The van der Waals surface area contributed by atoms with Crippen molar-refractivity contribution in [1.29, 1.82) is 0 Å². The second-order valence-corrected chi connectivity index (χ2v) is 2.28. The topological polar surface area (TPSA) is 64.4 Å². The maximum absolute atomic E-state index is 5.36. The zero-order valence-corrected chi connectivity index (χ0v) is 7.49. The number of nitrogens with zero attached hydrogens (tertiary/aromatic N) is 1. The summed E-state index contributed by atoms with van der Waals surface area (Å²) in [6, 6.07) is 9.49. The van der Waals surface area contributed by atoms with Crippen LogP contribution in [0.1, 0.15) is 6.92 Å². The molecule has 0 amide bonds. The third-order valence-electron chi connectivity index (χ3n) is 1.15. The van der Waals surface area contributed by atoms with Crippen molar-refractivity contribution in [2.45, 2.75) is 6.92 Å². The van der Waals surface area contributed by atoms with Crippen LogP contribution in [0, 0.1) is 0 Å². The van der Waals surface area contributed by atoms with E-state index in [1.165, 1.54) is 0 Å². The van der Waals surface area contributed by atoms with E-state index in [0.29, 0.717) is 5.84 Å². The van der Waals surface area contributed by atoms with Gasteiger partial charge in [-0.25, -0.2) is 0 Å². The highest BCUT2D eigenvalue weighted by Crippen LogP contribution is 1.95. The summed E-state index contributed by atoms with van der Waals surface area (Å²) in [5.41, 5.74) is 11.2. The lowest BCUT2D eigenvalue weighted by atomic mass is 10.3. The standard InChI is InChI=1S/C6H7N.C3H8N2/c7-6-4-2-1-3-5-6;1-3(4)5-2/h1-5H,7H2;1-2H3,(H2,4,5). The van der Waals surface area contributed by atoms with Crippen molar-refractivity contribution in [2.24, 2.45) is 10.7 Å². The van der Waals surface area contributed by atoms with Gasteiger partial charge in [0.05, 0.1) is 5.84 Å². The molecule has 0 heterocycles. The van der Waals surface area contributed by atoms with Gasteiger partial charge in [-0.2, -0.15) is 0 Å². The number of para-hydroxylation sites is 1. The molecule has 0 aliphatic carbocycles. The molecule has 0 aliphatic heterocycles. The van der Waals surface area contributed by atoms with E-state index in [-0.39, 0.29) is 0 Å². The van der Waals surface area contributed by atoms with Crippen LogP contribution in [0.25, 0.3) is 0 Å². The summed E-state index contributed by atoms with van der Waals surface area (Å²) in [5, 5.41) is 0. The molecule has 0 saturated heterocycles. The summed E-state index contributed by atoms with van der Waals surface area (Å²) >= 11 is 0. The maximum atomic E-state index is 5.36. The minimum Gasteiger partial charge on any atom is -0.399 e.